The third-order valence-corrected chi connectivity index (χ3v) is 7.74. The number of aromatic nitrogens is 2. The Hall–Kier alpha value is -2.78. The summed E-state index contributed by atoms with van der Waals surface area (Å²) in [5.41, 5.74) is 0.777. The molecule has 4 rings (SSSR count). The number of para-hydroxylation sites is 1. The summed E-state index contributed by atoms with van der Waals surface area (Å²) in [5, 5.41) is 7.91. The number of nitrogens with one attached hydrogen (secondary N) is 3. The third-order valence-electron chi connectivity index (χ3n) is 6.30. The highest BCUT2D eigenvalue weighted by atomic mass is 32.2. The number of halogens is 1. The molecule has 1 aliphatic rings. The summed E-state index contributed by atoms with van der Waals surface area (Å²) in [6.45, 7) is 7.50. The van der Waals surface area contributed by atoms with Crippen LogP contribution in [0.3, 0.4) is 0 Å². The molecular weight excluding hydrogens is 465 g/mol. The monoisotopic (exact) mass is 499 g/mol. The van der Waals surface area contributed by atoms with Crippen molar-refractivity contribution in [3.8, 4) is 0 Å². The summed E-state index contributed by atoms with van der Waals surface area (Å²) in [6.07, 6.45) is 3.93. The highest BCUT2D eigenvalue weighted by Gasteiger charge is 2.24. The van der Waals surface area contributed by atoms with Crippen molar-refractivity contribution in [2.24, 2.45) is 11.8 Å². The van der Waals surface area contributed by atoms with Crippen LogP contribution in [-0.2, 0) is 10.0 Å². The minimum Gasteiger partial charge on any atom is -0.365 e. The third kappa shape index (κ3) is 6.89. The molecule has 9 heteroatoms. The number of hydrogen-bond acceptors (Lipinski definition) is 6. The summed E-state index contributed by atoms with van der Waals surface area (Å²) >= 11 is 0. The maximum atomic E-state index is 13.1. The van der Waals surface area contributed by atoms with Gasteiger partial charge in [-0.25, -0.2) is 22.5 Å². The fourth-order valence-corrected chi connectivity index (χ4v) is 5.52. The minimum absolute atomic E-state index is 0.0903. The highest BCUT2D eigenvalue weighted by molar-refractivity contribution is 7.89. The molecule has 1 aliphatic carbocycles. The van der Waals surface area contributed by atoms with E-state index in [0.717, 1.165) is 61.1 Å². The van der Waals surface area contributed by atoms with Crippen LogP contribution in [0.5, 0.6) is 0 Å². The number of rotatable bonds is 8. The lowest BCUT2D eigenvalue weighted by Gasteiger charge is -2.29. The van der Waals surface area contributed by atoms with E-state index in [2.05, 4.69) is 36.1 Å². The van der Waals surface area contributed by atoms with Gasteiger partial charge in [0.1, 0.15) is 11.6 Å². The van der Waals surface area contributed by atoms with E-state index in [1.54, 1.807) is 0 Å². The van der Waals surface area contributed by atoms with Crippen molar-refractivity contribution >= 4 is 32.7 Å². The Balaban J connectivity index is 1.30. The molecule has 0 atom stereocenters. The normalized spacial score (nSPS) is 19.0. The van der Waals surface area contributed by atoms with Gasteiger partial charge in [0.2, 0.25) is 16.0 Å². The van der Waals surface area contributed by atoms with Gasteiger partial charge in [-0.2, -0.15) is 4.98 Å². The number of anilines is 2. The molecule has 0 aliphatic heterocycles. The van der Waals surface area contributed by atoms with Crippen molar-refractivity contribution in [1.29, 1.82) is 0 Å². The summed E-state index contributed by atoms with van der Waals surface area (Å²) in [7, 11) is -3.62. The molecule has 0 bridgehead atoms. The molecule has 3 N–H and O–H groups in total. The van der Waals surface area contributed by atoms with E-state index in [-0.39, 0.29) is 10.4 Å². The minimum atomic E-state index is -3.62. The molecule has 3 aromatic rings. The van der Waals surface area contributed by atoms with Gasteiger partial charge in [-0.3, -0.25) is 0 Å². The lowest BCUT2D eigenvalue weighted by atomic mass is 9.82. The first kappa shape index (κ1) is 25.3. The maximum Gasteiger partial charge on any atom is 0.240 e. The number of hydrogen-bond donors (Lipinski definition) is 3. The zero-order chi connectivity index (χ0) is 25.1. The van der Waals surface area contributed by atoms with Crippen LogP contribution in [-0.4, -0.2) is 37.0 Å². The van der Waals surface area contributed by atoms with Crippen LogP contribution < -0.4 is 15.4 Å². The van der Waals surface area contributed by atoms with Crippen LogP contribution in [0.1, 0.15) is 46.5 Å². The first-order valence-electron chi connectivity index (χ1n) is 12.1. The van der Waals surface area contributed by atoms with Crippen LogP contribution >= 0.6 is 0 Å². The van der Waals surface area contributed by atoms with Gasteiger partial charge in [0, 0.05) is 24.0 Å². The van der Waals surface area contributed by atoms with E-state index in [1.165, 1.54) is 12.1 Å². The molecule has 1 saturated carbocycles. The second-order valence-corrected chi connectivity index (χ2v) is 12.1. The second-order valence-electron chi connectivity index (χ2n) is 10.4. The molecule has 0 radical (unpaired) electrons. The molecule has 0 spiro atoms. The highest BCUT2D eigenvalue weighted by Crippen LogP contribution is 2.30. The van der Waals surface area contributed by atoms with Gasteiger partial charge in [-0.1, -0.05) is 12.1 Å². The van der Waals surface area contributed by atoms with Crippen molar-refractivity contribution in [2.75, 3.05) is 23.7 Å². The Labute approximate surface area is 207 Å². The first-order chi connectivity index (χ1) is 16.6. The maximum absolute atomic E-state index is 13.1. The summed E-state index contributed by atoms with van der Waals surface area (Å²) in [5.74, 6) is 1.76. The van der Waals surface area contributed by atoms with Crippen molar-refractivity contribution in [3.63, 3.8) is 0 Å². The van der Waals surface area contributed by atoms with Crippen molar-refractivity contribution in [1.82, 2.24) is 14.7 Å². The second kappa shape index (κ2) is 10.5. The van der Waals surface area contributed by atoms with Crippen molar-refractivity contribution < 1.29 is 12.8 Å². The molecule has 1 heterocycles. The lowest BCUT2D eigenvalue weighted by molar-refractivity contribution is 0.284. The van der Waals surface area contributed by atoms with Crippen LogP contribution in [0.4, 0.5) is 16.2 Å². The molecule has 1 aromatic heterocycles. The van der Waals surface area contributed by atoms with Crippen LogP contribution in [0.25, 0.3) is 10.9 Å². The van der Waals surface area contributed by atoms with Gasteiger partial charge >= 0.3 is 0 Å². The Morgan fingerprint density at radius 3 is 2.20 bits per heavy atom. The van der Waals surface area contributed by atoms with Gasteiger partial charge in [0.15, 0.2) is 0 Å². The smallest absolute Gasteiger partial charge is 0.240 e. The van der Waals surface area contributed by atoms with E-state index in [0.29, 0.717) is 24.3 Å². The fraction of sp³-hybridized carbons (Fsp3) is 0.462. The molecular formula is C26H34FN5O2S. The molecule has 35 heavy (non-hydrogen) atoms. The van der Waals surface area contributed by atoms with Gasteiger partial charge in [0.05, 0.1) is 10.4 Å². The largest absolute Gasteiger partial charge is 0.365 e. The van der Waals surface area contributed by atoms with E-state index in [1.807, 2.05) is 24.3 Å². The Morgan fingerprint density at radius 1 is 0.914 bits per heavy atom. The standard InChI is InChI=1S/C26H34FN5O2S/c1-26(2,3)32-24-22-6-4-5-7-23(22)30-25(31-24)28-16-18-8-10-19(11-9-18)17-29-35(33,34)21-14-12-20(27)13-15-21/h4-7,12-15,18-19,29H,8-11,16-17H2,1-3H3,(H2,28,30,31,32)/t18-,19-. The number of benzene rings is 2. The van der Waals surface area contributed by atoms with Gasteiger partial charge in [-0.05, 0) is 94.7 Å². The fourth-order valence-electron chi connectivity index (χ4n) is 4.41. The van der Waals surface area contributed by atoms with Crippen LogP contribution in [0.2, 0.25) is 0 Å². The average Bonchev–Trinajstić information content (AvgIpc) is 2.81. The predicted octanol–water partition coefficient (Wildman–Crippen LogP) is 5.18. The lowest BCUT2D eigenvalue weighted by Crippen LogP contribution is -2.32. The zero-order valence-electron chi connectivity index (χ0n) is 20.5. The van der Waals surface area contributed by atoms with E-state index < -0.39 is 15.8 Å². The summed E-state index contributed by atoms with van der Waals surface area (Å²) in [4.78, 5) is 9.53. The van der Waals surface area contributed by atoms with Crippen LogP contribution in [0, 0.1) is 17.7 Å². The number of sulfonamides is 1. The van der Waals surface area contributed by atoms with E-state index in [9.17, 15) is 12.8 Å². The molecule has 0 amide bonds. The van der Waals surface area contributed by atoms with Crippen molar-refractivity contribution in [3.05, 3.63) is 54.3 Å². The molecule has 188 valence electrons. The number of fused-ring (bicyclic) bond motifs is 1. The molecule has 2 aromatic carbocycles. The quantitative estimate of drug-likeness (QED) is 0.395. The van der Waals surface area contributed by atoms with Crippen molar-refractivity contribution in [2.45, 2.75) is 56.9 Å². The average molecular weight is 500 g/mol. The van der Waals surface area contributed by atoms with Gasteiger partial charge in [0.25, 0.3) is 0 Å². The summed E-state index contributed by atoms with van der Waals surface area (Å²) in [6, 6.07) is 12.9. The summed E-state index contributed by atoms with van der Waals surface area (Å²) < 4.78 is 40.7. The Kier molecular flexibility index (Phi) is 7.56. The van der Waals surface area contributed by atoms with Gasteiger partial charge < -0.3 is 10.6 Å². The molecule has 0 saturated heterocycles. The zero-order valence-corrected chi connectivity index (χ0v) is 21.3. The topological polar surface area (TPSA) is 96.0 Å². The molecule has 7 nitrogen and oxygen atoms in total. The molecule has 1 fully saturated rings. The van der Waals surface area contributed by atoms with E-state index >= 15 is 0 Å². The van der Waals surface area contributed by atoms with Gasteiger partial charge in [-0.15, -0.1) is 0 Å². The Bertz CT molecular complexity index is 1250. The first-order valence-corrected chi connectivity index (χ1v) is 13.6. The van der Waals surface area contributed by atoms with E-state index in [4.69, 9.17) is 9.97 Å². The van der Waals surface area contributed by atoms with Crippen LogP contribution in [0.15, 0.2) is 53.4 Å². The Morgan fingerprint density at radius 2 is 1.54 bits per heavy atom. The molecule has 0 unspecified atom stereocenters. The number of nitrogens with zero attached hydrogens (tertiary/aromatic N) is 2. The predicted molar refractivity (Wildman–Crippen MR) is 138 cm³/mol. The SMILES string of the molecule is CC(C)(C)Nc1nc(NC[C@H]2CC[C@H](CNS(=O)(=O)c3ccc(F)cc3)CC2)nc2ccccc12.